The van der Waals surface area contributed by atoms with Crippen LogP contribution in [0.2, 0.25) is 0 Å². The van der Waals surface area contributed by atoms with Gasteiger partial charge in [-0.1, -0.05) is 0 Å². The number of aromatic nitrogens is 2. The molecule has 1 saturated heterocycles. The molecule has 0 bridgehead atoms. The number of hydrogen-bond donors (Lipinski definition) is 1. The summed E-state index contributed by atoms with van der Waals surface area (Å²) < 4.78 is 6.83. The van der Waals surface area contributed by atoms with E-state index in [9.17, 15) is 9.59 Å². The van der Waals surface area contributed by atoms with E-state index in [4.69, 9.17) is 4.74 Å². The van der Waals surface area contributed by atoms with Gasteiger partial charge < -0.3 is 15.0 Å². The second-order valence-electron chi connectivity index (χ2n) is 6.37. The molecule has 0 spiro atoms. The molecule has 1 aliphatic rings. The molecule has 0 unspecified atom stereocenters. The number of methoxy groups -OCH3 is 1. The van der Waals surface area contributed by atoms with Crippen LogP contribution >= 0.6 is 0 Å². The first-order valence-electron chi connectivity index (χ1n) is 9.09. The number of amides is 2. The normalized spacial score (nSPS) is 14.8. The van der Waals surface area contributed by atoms with E-state index in [1.54, 1.807) is 29.0 Å². The van der Waals surface area contributed by atoms with Crippen molar-refractivity contribution in [2.45, 2.75) is 6.92 Å². The Kier molecular flexibility index (Phi) is 6.08. The molecule has 1 fully saturated rings. The number of carbonyl (C=O) groups is 2. The number of ether oxygens (including phenoxy) is 1. The smallest absolute Gasteiger partial charge is 0.274 e. The zero-order valence-corrected chi connectivity index (χ0v) is 15.7. The lowest BCUT2D eigenvalue weighted by molar-refractivity contribution is -0.122. The third kappa shape index (κ3) is 4.65. The molecular formula is C19H25N5O3. The van der Waals surface area contributed by atoms with Crippen LogP contribution < -0.4 is 10.1 Å². The minimum absolute atomic E-state index is 0.0236. The van der Waals surface area contributed by atoms with E-state index in [0.29, 0.717) is 45.0 Å². The van der Waals surface area contributed by atoms with Gasteiger partial charge in [0.15, 0.2) is 5.69 Å². The molecule has 2 aromatic rings. The predicted molar refractivity (Wildman–Crippen MR) is 101 cm³/mol. The number of nitrogens with zero attached hydrogens (tertiary/aromatic N) is 4. The Labute approximate surface area is 158 Å². The summed E-state index contributed by atoms with van der Waals surface area (Å²) in [5, 5.41) is 7.21. The molecule has 0 atom stereocenters. The molecule has 2 amide bonds. The van der Waals surface area contributed by atoms with Gasteiger partial charge in [0.05, 0.1) is 19.3 Å². The highest BCUT2D eigenvalue weighted by Gasteiger charge is 2.24. The number of likely N-dealkylation sites (N-methyl/N-ethyl adjacent to an activating group) is 1. The number of benzene rings is 1. The molecule has 8 heteroatoms. The maximum atomic E-state index is 12.7. The van der Waals surface area contributed by atoms with Crippen LogP contribution in [0, 0.1) is 0 Å². The maximum absolute atomic E-state index is 12.7. The Morgan fingerprint density at radius 3 is 2.44 bits per heavy atom. The minimum atomic E-state index is -0.0834. The highest BCUT2D eigenvalue weighted by atomic mass is 16.5. The Balaban J connectivity index is 1.57. The SMILES string of the molecule is CCNC(=O)CN1CCN(C(=O)c2ccn(-c3ccc(OC)cc3)n2)CC1. The average Bonchev–Trinajstić information content (AvgIpc) is 3.18. The summed E-state index contributed by atoms with van der Waals surface area (Å²) in [5.74, 6) is 0.711. The Bertz CT molecular complexity index is 779. The van der Waals surface area contributed by atoms with E-state index in [1.165, 1.54) is 0 Å². The van der Waals surface area contributed by atoms with Gasteiger partial charge in [-0.3, -0.25) is 14.5 Å². The number of rotatable bonds is 6. The lowest BCUT2D eigenvalue weighted by Gasteiger charge is -2.33. The van der Waals surface area contributed by atoms with Gasteiger partial charge in [-0.05, 0) is 37.3 Å². The van der Waals surface area contributed by atoms with Crippen molar-refractivity contribution in [3.63, 3.8) is 0 Å². The lowest BCUT2D eigenvalue weighted by atomic mass is 10.2. The standard InChI is InChI=1S/C19H25N5O3/c1-3-20-18(25)14-22-10-12-23(13-11-22)19(26)17-8-9-24(21-17)15-4-6-16(27-2)7-5-15/h4-9H,3,10-14H2,1-2H3,(H,20,25). The highest BCUT2D eigenvalue weighted by molar-refractivity contribution is 5.92. The van der Waals surface area contributed by atoms with E-state index >= 15 is 0 Å². The topological polar surface area (TPSA) is 79.7 Å². The van der Waals surface area contributed by atoms with Crippen LogP contribution in [0.1, 0.15) is 17.4 Å². The largest absolute Gasteiger partial charge is 0.497 e. The van der Waals surface area contributed by atoms with Crippen molar-refractivity contribution in [2.75, 3.05) is 46.4 Å². The molecule has 0 radical (unpaired) electrons. The van der Waals surface area contributed by atoms with E-state index in [1.807, 2.05) is 31.2 Å². The fourth-order valence-corrected chi connectivity index (χ4v) is 3.04. The molecule has 0 aliphatic carbocycles. The molecule has 27 heavy (non-hydrogen) atoms. The molecule has 2 heterocycles. The molecule has 144 valence electrons. The molecule has 1 N–H and O–H groups in total. The first kappa shape index (κ1) is 18.9. The Hall–Kier alpha value is -2.87. The molecule has 1 aromatic heterocycles. The third-order valence-electron chi connectivity index (χ3n) is 4.55. The quantitative estimate of drug-likeness (QED) is 0.812. The highest BCUT2D eigenvalue weighted by Crippen LogP contribution is 2.15. The Morgan fingerprint density at radius 1 is 1.11 bits per heavy atom. The van der Waals surface area contributed by atoms with E-state index in [-0.39, 0.29) is 11.8 Å². The average molecular weight is 371 g/mol. The van der Waals surface area contributed by atoms with Crippen molar-refractivity contribution in [3.8, 4) is 11.4 Å². The molecule has 1 aliphatic heterocycles. The first-order chi connectivity index (χ1) is 13.1. The van der Waals surface area contributed by atoms with E-state index < -0.39 is 0 Å². The van der Waals surface area contributed by atoms with Crippen LogP contribution in [0.4, 0.5) is 0 Å². The van der Waals surface area contributed by atoms with Crippen molar-refractivity contribution in [2.24, 2.45) is 0 Å². The van der Waals surface area contributed by atoms with Crippen LogP contribution in [0.25, 0.3) is 5.69 Å². The van der Waals surface area contributed by atoms with Crippen LogP contribution in [0.3, 0.4) is 0 Å². The summed E-state index contributed by atoms with van der Waals surface area (Å²) in [5.41, 5.74) is 1.28. The molecule has 0 saturated carbocycles. The third-order valence-corrected chi connectivity index (χ3v) is 4.55. The van der Waals surface area contributed by atoms with Gasteiger partial charge in [-0.2, -0.15) is 5.10 Å². The number of hydrogen-bond acceptors (Lipinski definition) is 5. The zero-order chi connectivity index (χ0) is 19.2. The van der Waals surface area contributed by atoms with Crippen molar-refractivity contribution in [1.82, 2.24) is 24.9 Å². The van der Waals surface area contributed by atoms with Gasteiger partial charge in [-0.25, -0.2) is 4.68 Å². The summed E-state index contributed by atoms with van der Waals surface area (Å²) in [4.78, 5) is 28.2. The fraction of sp³-hybridized carbons (Fsp3) is 0.421. The summed E-state index contributed by atoms with van der Waals surface area (Å²) in [7, 11) is 1.62. The van der Waals surface area contributed by atoms with Crippen molar-refractivity contribution < 1.29 is 14.3 Å². The van der Waals surface area contributed by atoms with Crippen molar-refractivity contribution in [3.05, 3.63) is 42.2 Å². The lowest BCUT2D eigenvalue weighted by Crippen LogP contribution is -2.51. The Morgan fingerprint density at radius 2 is 1.81 bits per heavy atom. The van der Waals surface area contributed by atoms with Crippen LogP contribution in [0.15, 0.2) is 36.5 Å². The van der Waals surface area contributed by atoms with Gasteiger partial charge in [0.25, 0.3) is 5.91 Å². The maximum Gasteiger partial charge on any atom is 0.274 e. The van der Waals surface area contributed by atoms with Crippen LogP contribution in [-0.4, -0.2) is 77.8 Å². The van der Waals surface area contributed by atoms with Gasteiger partial charge in [0.2, 0.25) is 5.91 Å². The van der Waals surface area contributed by atoms with E-state index in [2.05, 4.69) is 15.3 Å². The van der Waals surface area contributed by atoms with Crippen molar-refractivity contribution in [1.29, 1.82) is 0 Å². The van der Waals surface area contributed by atoms with Gasteiger partial charge in [-0.15, -0.1) is 0 Å². The molecule has 1 aromatic carbocycles. The summed E-state index contributed by atoms with van der Waals surface area (Å²) in [6, 6.07) is 9.22. The molecule has 3 rings (SSSR count). The predicted octanol–water partition coefficient (Wildman–Crippen LogP) is 0.775. The molecular weight excluding hydrogens is 346 g/mol. The second kappa shape index (κ2) is 8.68. The van der Waals surface area contributed by atoms with Gasteiger partial charge in [0.1, 0.15) is 5.75 Å². The minimum Gasteiger partial charge on any atom is -0.497 e. The van der Waals surface area contributed by atoms with Gasteiger partial charge in [0, 0.05) is 38.9 Å². The molecule has 8 nitrogen and oxygen atoms in total. The summed E-state index contributed by atoms with van der Waals surface area (Å²) in [6.45, 7) is 5.46. The number of piperazine rings is 1. The summed E-state index contributed by atoms with van der Waals surface area (Å²) in [6.07, 6.45) is 1.78. The van der Waals surface area contributed by atoms with Gasteiger partial charge >= 0.3 is 0 Å². The van der Waals surface area contributed by atoms with E-state index in [0.717, 1.165) is 11.4 Å². The zero-order valence-electron chi connectivity index (χ0n) is 15.7. The monoisotopic (exact) mass is 371 g/mol. The summed E-state index contributed by atoms with van der Waals surface area (Å²) >= 11 is 0. The van der Waals surface area contributed by atoms with Crippen LogP contribution in [-0.2, 0) is 4.79 Å². The van der Waals surface area contributed by atoms with Crippen molar-refractivity contribution >= 4 is 11.8 Å². The number of nitrogens with one attached hydrogen (secondary N) is 1. The second-order valence-corrected chi connectivity index (χ2v) is 6.37. The first-order valence-corrected chi connectivity index (χ1v) is 9.09. The fourth-order valence-electron chi connectivity index (χ4n) is 3.04. The number of carbonyl (C=O) groups excluding carboxylic acids is 2. The van der Waals surface area contributed by atoms with Crippen LogP contribution in [0.5, 0.6) is 5.75 Å².